The van der Waals surface area contributed by atoms with Crippen molar-refractivity contribution >= 4 is 22.8 Å². The van der Waals surface area contributed by atoms with Crippen LogP contribution < -0.4 is 10.6 Å². The van der Waals surface area contributed by atoms with Crippen molar-refractivity contribution in [3.63, 3.8) is 0 Å². The Kier molecular flexibility index (Phi) is 3.20. The molecule has 21 heavy (non-hydrogen) atoms. The Labute approximate surface area is 122 Å². The summed E-state index contributed by atoms with van der Waals surface area (Å²) in [6.07, 6.45) is 0. The van der Waals surface area contributed by atoms with Gasteiger partial charge in [0, 0.05) is 19.3 Å². The van der Waals surface area contributed by atoms with Gasteiger partial charge in [-0.2, -0.15) is 10.2 Å². The molecule has 0 radical (unpaired) electrons. The van der Waals surface area contributed by atoms with Crippen LogP contribution in [0.25, 0.3) is 11.1 Å². The third kappa shape index (κ3) is 2.65. The number of aromatic nitrogens is 1. The minimum absolute atomic E-state index is 0.526. The number of fused-ring (bicyclic) bond motifs is 1. The van der Waals surface area contributed by atoms with Crippen molar-refractivity contribution in [2.75, 3.05) is 17.7 Å². The first-order valence-corrected chi connectivity index (χ1v) is 6.52. The lowest BCUT2D eigenvalue weighted by Crippen LogP contribution is -2.16. The second-order valence-corrected chi connectivity index (χ2v) is 4.89. The largest absolute Gasteiger partial charge is 0.423 e. The first kappa shape index (κ1) is 13.0. The van der Waals surface area contributed by atoms with Crippen molar-refractivity contribution in [3.05, 3.63) is 53.6 Å². The van der Waals surface area contributed by atoms with Crippen molar-refractivity contribution in [3.8, 4) is 6.07 Å². The minimum atomic E-state index is 0.526. The van der Waals surface area contributed by atoms with Gasteiger partial charge in [-0.15, -0.1) is 0 Å². The molecule has 0 spiro atoms. The molecular formula is C16H14N4O. The summed E-state index contributed by atoms with van der Waals surface area (Å²) < 4.78 is 5.71. The van der Waals surface area contributed by atoms with Crippen LogP contribution in [-0.2, 0) is 6.54 Å². The summed E-state index contributed by atoms with van der Waals surface area (Å²) in [4.78, 5) is 6.32. The van der Waals surface area contributed by atoms with Gasteiger partial charge in [0.2, 0.25) is 0 Å². The number of hydrogen-bond donors (Lipinski definition) is 1. The van der Waals surface area contributed by atoms with Crippen LogP contribution in [0.5, 0.6) is 0 Å². The fourth-order valence-electron chi connectivity index (χ4n) is 2.18. The Morgan fingerprint density at radius 2 is 2.14 bits per heavy atom. The molecule has 0 fully saturated rings. The van der Waals surface area contributed by atoms with E-state index in [2.05, 4.69) is 11.1 Å². The quantitative estimate of drug-likeness (QED) is 0.745. The van der Waals surface area contributed by atoms with Gasteiger partial charge in [-0.3, -0.25) is 0 Å². The molecule has 0 saturated heterocycles. The zero-order chi connectivity index (χ0) is 14.8. The van der Waals surface area contributed by atoms with Crippen LogP contribution in [0, 0.1) is 11.3 Å². The lowest BCUT2D eigenvalue weighted by Gasteiger charge is -2.14. The highest BCUT2D eigenvalue weighted by Crippen LogP contribution is 2.24. The first-order valence-electron chi connectivity index (χ1n) is 6.52. The van der Waals surface area contributed by atoms with Gasteiger partial charge >= 0.3 is 0 Å². The molecule has 2 aromatic carbocycles. The number of nitrogens with two attached hydrogens (primary N) is 1. The van der Waals surface area contributed by atoms with Gasteiger partial charge in [-0.25, -0.2) is 0 Å². The monoisotopic (exact) mass is 278 g/mol. The predicted molar refractivity (Wildman–Crippen MR) is 81.7 cm³/mol. The molecule has 0 unspecified atom stereocenters. The van der Waals surface area contributed by atoms with E-state index in [-0.39, 0.29) is 0 Å². The van der Waals surface area contributed by atoms with Crippen molar-refractivity contribution in [1.29, 1.82) is 5.26 Å². The Balaban J connectivity index is 1.86. The second kappa shape index (κ2) is 5.17. The number of rotatable bonds is 3. The summed E-state index contributed by atoms with van der Waals surface area (Å²) in [5, 5.41) is 8.93. The number of nitrogen functional groups attached to an aromatic ring is 1. The lowest BCUT2D eigenvalue weighted by atomic mass is 10.1. The molecule has 1 heterocycles. The number of nitrogens with zero attached hydrogens (tertiary/aromatic N) is 3. The average Bonchev–Trinajstić information content (AvgIpc) is 2.90. The standard InChI is InChI=1S/C16H14N4O/c1-20(10-12-4-2-3-11(7-12)9-17)16-19-14-8-13(18)5-6-15(14)21-16/h2-8H,10,18H2,1H3. The van der Waals surface area contributed by atoms with E-state index in [4.69, 9.17) is 15.4 Å². The second-order valence-electron chi connectivity index (χ2n) is 4.89. The molecule has 3 aromatic rings. The number of benzene rings is 2. The van der Waals surface area contributed by atoms with Gasteiger partial charge in [-0.05, 0) is 35.9 Å². The summed E-state index contributed by atoms with van der Waals surface area (Å²) in [7, 11) is 1.90. The van der Waals surface area contributed by atoms with Crippen LogP contribution in [0.3, 0.4) is 0 Å². The third-order valence-electron chi connectivity index (χ3n) is 3.20. The van der Waals surface area contributed by atoms with Crippen LogP contribution in [-0.4, -0.2) is 12.0 Å². The molecule has 5 heteroatoms. The molecule has 0 aliphatic heterocycles. The minimum Gasteiger partial charge on any atom is -0.423 e. The molecule has 0 saturated carbocycles. The molecule has 3 rings (SSSR count). The van der Waals surface area contributed by atoms with Gasteiger partial charge < -0.3 is 15.1 Å². The molecule has 0 aliphatic rings. The highest BCUT2D eigenvalue weighted by molar-refractivity contribution is 5.78. The summed E-state index contributed by atoms with van der Waals surface area (Å²) in [6.45, 7) is 0.609. The van der Waals surface area contributed by atoms with E-state index in [0.29, 0.717) is 29.4 Å². The van der Waals surface area contributed by atoms with Crippen LogP contribution in [0.15, 0.2) is 46.9 Å². The van der Waals surface area contributed by atoms with Crippen molar-refractivity contribution in [2.45, 2.75) is 6.54 Å². The van der Waals surface area contributed by atoms with E-state index in [1.807, 2.05) is 36.2 Å². The zero-order valence-electron chi connectivity index (χ0n) is 11.6. The summed E-state index contributed by atoms with van der Waals surface area (Å²) >= 11 is 0. The lowest BCUT2D eigenvalue weighted by molar-refractivity contribution is 0.582. The van der Waals surface area contributed by atoms with Crippen molar-refractivity contribution in [2.24, 2.45) is 0 Å². The van der Waals surface area contributed by atoms with E-state index in [1.54, 1.807) is 18.2 Å². The number of anilines is 2. The normalized spacial score (nSPS) is 10.5. The zero-order valence-corrected chi connectivity index (χ0v) is 11.6. The van der Waals surface area contributed by atoms with E-state index in [0.717, 1.165) is 11.1 Å². The molecule has 2 N–H and O–H groups in total. The molecule has 5 nitrogen and oxygen atoms in total. The molecule has 104 valence electrons. The van der Waals surface area contributed by atoms with Gasteiger partial charge in [-0.1, -0.05) is 12.1 Å². The summed E-state index contributed by atoms with van der Waals surface area (Å²) in [5.74, 6) is 0. The van der Waals surface area contributed by atoms with Crippen LogP contribution in [0.1, 0.15) is 11.1 Å². The molecular weight excluding hydrogens is 264 g/mol. The number of oxazole rings is 1. The van der Waals surface area contributed by atoms with E-state index >= 15 is 0 Å². The summed E-state index contributed by atoms with van der Waals surface area (Å²) in [6, 6.07) is 15.5. The predicted octanol–water partition coefficient (Wildman–Crippen LogP) is 2.92. The average molecular weight is 278 g/mol. The van der Waals surface area contributed by atoms with Gasteiger partial charge in [0.25, 0.3) is 6.01 Å². The molecule has 0 aliphatic carbocycles. The SMILES string of the molecule is CN(Cc1cccc(C#N)c1)c1nc2cc(N)ccc2o1. The molecule has 0 bridgehead atoms. The third-order valence-corrected chi connectivity index (χ3v) is 3.20. The van der Waals surface area contributed by atoms with Gasteiger partial charge in [0.1, 0.15) is 5.52 Å². The number of hydrogen-bond acceptors (Lipinski definition) is 5. The smallest absolute Gasteiger partial charge is 0.298 e. The molecule has 0 atom stereocenters. The maximum absolute atomic E-state index is 8.93. The highest BCUT2D eigenvalue weighted by Gasteiger charge is 2.11. The van der Waals surface area contributed by atoms with Crippen LogP contribution >= 0.6 is 0 Å². The Morgan fingerprint density at radius 3 is 2.95 bits per heavy atom. The van der Waals surface area contributed by atoms with E-state index in [1.165, 1.54) is 0 Å². The Hall–Kier alpha value is -3.00. The Bertz CT molecular complexity index is 832. The maximum Gasteiger partial charge on any atom is 0.298 e. The van der Waals surface area contributed by atoms with Gasteiger partial charge in [0.05, 0.1) is 11.6 Å². The number of nitriles is 1. The highest BCUT2D eigenvalue weighted by atomic mass is 16.4. The topological polar surface area (TPSA) is 79.1 Å². The van der Waals surface area contributed by atoms with Crippen LogP contribution in [0.4, 0.5) is 11.7 Å². The fourth-order valence-corrected chi connectivity index (χ4v) is 2.18. The van der Waals surface area contributed by atoms with Crippen LogP contribution in [0.2, 0.25) is 0 Å². The molecule has 0 amide bonds. The fraction of sp³-hybridized carbons (Fsp3) is 0.125. The van der Waals surface area contributed by atoms with Crippen molar-refractivity contribution in [1.82, 2.24) is 4.98 Å². The maximum atomic E-state index is 8.93. The summed E-state index contributed by atoms with van der Waals surface area (Å²) in [5.41, 5.74) is 9.51. The first-order chi connectivity index (χ1) is 10.2. The van der Waals surface area contributed by atoms with E-state index in [9.17, 15) is 0 Å². The Morgan fingerprint density at radius 1 is 1.29 bits per heavy atom. The molecule has 1 aromatic heterocycles. The van der Waals surface area contributed by atoms with Crippen molar-refractivity contribution < 1.29 is 4.42 Å². The van der Waals surface area contributed by atoms with Gasteiger partial charge in [0.15, 0.2) is 5.58 Å². The van der Waals surface area contributed by atoms with E-state index < -0.39 is 0 Å².